The van der Waals surface area contributed by atoms with Gasteiger partial charge >= 0.3 is 5.97 Å². The number of rotatable bonds is 5. The minimum absolute atomic E-state index is 0.191. The molecule has 0 aliphatic heterocycles. The van der Waals surface area contributed by atoms with Crippen molar-refractivity contribution in [1.82, 2.24) is 10.2 Å². The number of aromatic carboxylic acids is 1. The molecule has 0 unspecified atom stereocenters. The van der Waals surface area contributed by atoms with E-state index in [0.29, 0.717) is 19.4 Å². The molecule has 6 heteroatoms. The summed E-state index contributed by atoms with van der Waals surface area (Å²) in [6.45, 7) is 0.345. The van der Waals surface area contributed by atoms with E-state index in [0.717, 1.165) is 5.56 Å². The highest BCUT2D eigenvalue weighted by Crippen LogP contribution is 2.47. The number of nitrogens with zero attached hydrogens (tertiary/aromatic N) is 1. The van der Waals surface area contributed by atoms with Crippen molar-refractivity contribution in [3.8, 4) is 0 Å². The van der Waals surface area contributed by atoms with Crippen LogP contribution in [0.1, 0.15) is 28.8 Å². The fourth-order valence-electron chi connectivity index (χ4n) is 2.37. The number of amides is 2. The molecule has 0 bridgehead atoms. The van der Waals surface area contributed by atoms with E-state index in [1.807, 2.05) is 0 Å². The third kappa shape index (κ3) is 2.89. The van der Waals surface area contributed by atoms with Crippen LogP contribution in [0.25, 0.3) is 0 Å². The zero-order valence-electron chi connectivity index (χ0n) is 12.0. The average Bonchev–Trinajstić information content (AvgIpc) is 3.27. The van der Waals surface area contributed by atoms with E-state index in [-0.39, 0.29) is 17.4 Å². The quantitative estimate of drug-likeness (QED) is 0.788. The summed E-state index contributed by atoms with van der Waals surface area (Å²) in [5.74, 6) is -1.41. The number of carbonyl (C=O) groups is 3. The van der Waals surface area contributed by atoms with Crippen molar-refractivity contribution in [3.63, 3.8) is 0 Å². The number of hydrogen-bond donors (Lipinski definition) is 2. The highest BCUT2D eigenvalue weighted by atomic mass is 16.4. The van der Waals surface area contributed by atoms with Gasteiger partial charge in [0, 0.05) is 20.6 Å². The summed E-state index contributed by atoms with van der Waals surface area (Å²) in [5, 5.41) is 11.4. The Bertz CT molecular complexity index is 576. The molecule has 0 saturated heterocycles. The molecule has 1 aromatic rings. The summed E-state index contributed by atoms with van der Waals surface area (Å²) < 4.78 is 0. The van der Waals surface area contributed by atoms with E-state index in [2.05, 4.69) is 5.32 Å². The van der Waals surface area contributed by atoms with Gasteiger partial charge in [0.05, 0.1) is 5.56 Å². The highest BCUT2D eigenvalue weighted by molar-refractivity contribution is 6.07. The number of hydrogen-bond acceptors (Lipinski definition) is 3. The van der Waals surface area contributed by atoms with Crippen molar-refractivity contribution in [2.24, 2.45) is 5.41 Å². The summed E-state index contributed by atoms with van der Waals surface area (Å²) in [4.78, 5) is 36.5. The lowest BCUT2D eigenvalue weighted by Gasteiger charge is -2.22. The third-order valence-electron chi connectivity index (χ3n) is 3.79. The molecule has 2 N–H and O–H groups in total. The van der Waals surface area contributed by atoms with Crippen LogP contribution in [0, 0.1) is 5.41 Å². The molecule has 2 amide bonds. The van der Waals surface area contributed by atoms with Crippen LogP contribution in [-0.4, -0.2) is 41.9 Å². The van der Waals surface area contributed by atoms with Crippen LogP contribution in [0.4, 0.5) is 0 Å². The second-order valence-electron chi connectivity index (χ2n) is 5.32. The van der Waals surface area contributed by atoms with Crippen LogP contribution in [0.15, 0.2) is 24.3 Å². The smallest absolute Gasteiger partial charge is 0.335 e. The second-order valence-corrected chi connectivity index (χ2v) is 5.32. The standard InChI is InChI=1S/C15H18N2O4/c1-16-13(20)15(7-8-15)14(21)17(2)9-10-3-5-11(6-4-10)12(18)19/h3-6H,7-9H2,1-2H3,(H,16,20)(H,18,19). The van der Waals surface area contributed by atoms with E-state index < -0.39 is 11.4 Å². The maximum absolute atomic E-state index is 12.4. The van der Waals surface area contributed by atoms with Gasteiger partial charge in [-0.1, -0.05) is 12.1 Å². The Morgan fingerprint density at radius 3 is 2.24 bits per heavy atom. The predicted molar refractivity (Wildman–Crippen MR) is 75.6 cm³/mol. The maximum Gasteiger partial charge on any atom is 0.335 e. The van der Waals surface area contributed by atoms with E-state index in [1.54, 1.807) is 19.2 Å². The van der Waals surface area contributed by atoms with Crippen LogP contribution >= 0.6 is 0 Å². The lowest BCUT2D eigenvalue weighted by atomic mass is 10.0. The Balaban J connectivity index is 2.04. The molecule has 1 fully saturated rings. The zero-order valence-corrected chi connectivity index (χ0v) is 12.0. The summed E-state index contributed by atoms with van der Waals surface area (Å²) in [6.07, 6.45) is 1.15. The Kier molecular flexibility index (Phi) is 3.97. The van der Waals surface area contributed by atoms with Gasteiger partial charge in [-0.2, -0.15) is 0 Å². The van der Waals surface area contributed by atoms with Crippen molar-refractivity contribution in [2.45, 2.75) is 19.4 Å². The van der Waals surface area contributed by atoms with E-state index in [4.69, 9.17) is 5.11 Å². The molecule has 6 nitrogen and oxygen atoms in total. The topological polar surface area (TPSA) is 86.7 Å². The minimum Gasteiger partial charge on any atom is -0.478 e. The van der Waals surface area contributed by atoms with Gasteiger partial charge in [-0.05, 0) is 30.5 Å². The van der Waals surface area contributed by atoms with Crippen LogP contribution in [0.5, 0.6) is 0 Å². The van der Waals surface area contributed by atoms with Gasteiger partial charge in [-0.15, -0.1) is 0 Å². The average molecular weight is 290 g/mol. The Morgan fingerprint density at radius 1 is 1.24 bits per heavy atom. The molecule has 0 radical (unpaired) electrons. The number of nitrogens with one attached hydrogen (secondary N) is 1. The van der Waals surface area contributed by atoms with Gasteiger partial charge in [0.25, 0.3) is 0 Å². The largest absolute Gasteiger partial charge is 0.478 e. The third-order valence-corrected chi connectivity index (χ3v) is 3.79. The molecule has 0 spiro atoms. The predicted octanol–water partition coefficient (Wildman–Crippen LogP) is 0.869. The molecule has 112 valence electrons. The van der Waals surface area contributed by atoms with Crippen LogP contribution < -0.4 is 5.32 Å². The van der Waals surface area contributed by atoms with Gasteiger partial charge in [-0.3, -0.25) is 9.59 Å². The molecular weight excluding hydrogens is 272 g/mol. The zero-order chi connectivity index (χ0) is 15.6. The lowest BCUT2D eigenvalue weighted by molar-refractivity contribution is -0.143. The van der Waals surface area contributed by atoms with E-state index in [1.165, 1.54) is 24.1 Å². The molecule has 0 atom stereocenters. The minimum atomic E-state index is -0.984. The fourth-order valence-corrected chi connectivity index (χ4v) is 2.37. The first-order valence-electron chi connectivity index (χ1n) is 6.71. The first kappa shape index (κ1) is 15.0. The van der Waals surface area contributed by atoms with Gasteiger partial charge in [0.15, 0.2) is 0 Å². The summed E-state index contributed by atoms with van der Waals surface area (Å²) in [6, 6.07) is 6.35. The summed E-state index contributed by atoms with van der Waals surface area (Å²) in [7, 11) is 3.18. The molecule has 0 heterocycles. The van der Waals surface area contributed by atoms with Gasteiger partial charge in [0.1, 0.15) is 5.41 Å². The van der Waals surface area contributed by atoms with Crippen LogP contribution in [-0.2, 0) is 16.1 Å². The van der Waals surface area contributed by atoms with Crippen molar-refractivity contribution >= 4 is 17.8 Å². The normalized spacial score (nSPS) is 15.1. The molecule has 0 aromatic heterocycles. The van der Waals surface area contributed by atoms with Gasteiger partial charge < -0.3 is 15.3 Å². The van der Waals surface area contributed by atoms with E-state index >= 15 is 0 Å². The SMILES string of the molecule is CNC(=O)C1(C(=O)N(C)Cc2ccc(C(=O)O)cc2)CC1. The van der Waals surface area contributed by atoms with Gasteiger partial charge in [0.2, 0.25) is 11.8 Å². The number of carboxylic acids is 1. The van der Waals surface area contributed by atoms with Gasteiger partial charge in [-0.25, -0.2) is 4.79 Å². The Hall–Kier alpha value is -2.37. The molecule has 1 aromatic carbocycles. The van der Waals surface area contributed by atoms with Crippen LogP contribution in [0.2, 0.25) is 0 Å². The molecule has 1 aliphatic carbocycles. The fraction of sp³-hybridized carbons (Fsp3) is 0.400. The Labute approximate surface area is 122 Å². The molecule has 1 aliphatic rings. The van der Waals surface area contributed by atoms with Crippen molar-refractivity contribution in [1.29, 1.82) is 0 Å². The number of benzene rings is 1. The van der Waals surface area contributed by atoms with Crippen molar-refractivity contribution < 1.29 is 19.5 Å². The maximum atomic E-state index is 12.4. The molecule has 2 rings (SSSR count). The summed E-state index contributed by atoms with van der Waals surface area (Å²) >= 11 is 0. The van der Waals surface area contributed by atoms with Crippen molar-refractivity contribution in [2.75, 3.05) is 14.1 Å². The van der Waals surface area contributed by atoms with Crippen molar-refractivity contribution in [3.05, 3.63) is 35.4 Å². The Morgan fingerprint density at radius 2 is 1.81 bits per heavy atom. The number of carbonyl (C=O) groups excluding carboxylic acids is 2. The van der Waals surface area contributed by atoms with Crippen LogP contribution in [0.3, 0.4) is 0 Å². The second kappa shape index (κ2) is 5.55. The first-order valence-corrected chi connectivity index (χ1v) is 6.71. The molecule has 1 saturated carbocycles. The summed E-state index contributed by atoms with van der Waals surface area (Å²) in [5.41, 5.74) is 0.130. The highest BCUT2D eigenvalue weighted by Gasteiger charge is 2.57. The van der Waals surface area contributed by atoms with E-state index in [9.17, 15) is 14.4 Å². The first-order chi connectivity index (χ1) is 9.90. The lowest BCUT2D eigenvalue weighted by Crippen LogP contribution is -2.42. The molecular formula is C15H18N2O4. The monoisotopic (exact) mass is 290 g/mol. The molecule has 21 heavy (non-hydrogen) atoms. The number of carboxylic acid groups (broad SMARTS) is 1.